The molecule has 1 amide bonds. The first-order valence-corrected chi connectivity index (χ1v) is 11.9. The van der Waals surface area contributed by atoms with Gasteiger partial charge in [-0.2, -0.15) is 0 Å². The molecule has 180 valence electrons. The molecule has 0 aromatic heterocycles. The highest BCUT2D eigenvalue weighted by Gasteiger charge is 2.47. The van der Waals surface area contributed by atoms with Gasteiger partial charge in [-0.1, -0.05) is 48.9 Å². The van der Waals surface area contributed by atoms with Crippen molar-refractivity contribution in [3.8, 4) is 11.5 Å². The van der Waals surface area contributed by atoms with Crippen LogP contribution in [0.4, 0.5) is 5.69 Å². The van der Waals surface area contributed by atoms with Crippen LogP contribution in [0.15, 0.2) is 78.4 Å². The number of amides is 1. The normalized spacial score (nSPS) is 17.0. The molecular weight excluding hydrogens is 466 g/mol. The number of para-hydroxylation sites is 1. The number of aliphatic hydroxyl groups is 1. The summed E-state index contributed by atoms with van der Waals surface area (Å²) in [5.74, 6) is -0.708. The average molecular weight is 492 g/mol. The number of anilines is 1. The minimum absolute atomic E-state index is 0.0448. The van der Waals surface area contributed by atoms with Crippen LogP contribution < -0.4 is 14.4 Å². The van der Waals surface area contributed by atoms with Crippen molar-refractivity contribution in [2.75, 3.05) is 18.1 Å². The van der Waals surface area contributed by atoms with Crippen molar-refractivity contribution in [1.82, 2.24) is 0 Å². The standard InChI is InChI=1S/C28H26ClNO5/c1-3-16-35-20-12-10-18(11-13-20)25-24(26(31)22-17-21(34-4-2)14-15-23(22)29)27(32)28(33)30(25)19-8-6-5-7-9-19/h5-15,17,25,31H,3-4,16H2,1-2H3/b26-24+. The lowest BCUT2D eigenvalue weighted by Gasteiger charge is -2.25. The summed E-state index contributed by atoms with van der Waals surface area (Å²) in [6, 6.07) is 20.0. The Kier molecular flexibility index (Phi) is 7.42. The lowest BCUT2D eigenvalue weighted by atomic mass is 9.95. The van der Waals surface area contributed by atoms with Gasteiger partial charge >= 0.3 is 0 Å². The third-order valence-electron chi connectivity index (χ3n) is 5.65. The minimum atomic E-state index is -0.857. The van der Waals surface area contributed by atoms with Gasteiger partial charge in [0.25, 0.3) is 11.7 Å². The minimum Gasteiger partial charge on any atom is -0.507 e. The van der Waals surface area contributed by atoms with Crippen LogP contribution >= 0.6 is 11.6 Å². The highest BCUT2D eigenvalue weighted by atomic mass is 35.5. The lowest BCUT2D eigenvalue weighted by molar-refractivity contribution is -0.132. The molecule has 1 aliphatic heterocycles. The van der Waals surface area contributed by atoms with Crippen molar-refractivity contribution in [2.45, 2.75) is 26.3 Å². The van der Waals surface area contributed by atoms with E-state index >= 15 is 0 Å². The Balaban J connectivity index is 1.88. The molecule has 1 N–H and O–H groups in total. The van der Waals surface area contributed by atoms with Gasteiger partial charge in [-0.05, 0) is 61.4 Å². The molecule has 1 heterocycles. The zero-order valence-corrected chi connectivity index (χ0v) is 20.3. The fourth-order valence-electron chi connectivity index (χ4n) is 4.06. The molecule has 3 aromatic carbocycles. The first-order chi connectivity index (χ1) is 17.0. The number of benzene rings is 3. The highest BCUT2D eigenvalue weighted by Crippen LogP contribution is 2.43. The molecule has 0 spiro atoms. The molecule has 1 unspecified atom stereocenters. The van der Waals surface area contributed by atoms with E-state index in [1.807, 2.05) is 19.9 Å². The van der Waals surface area contributed by atoms with Gasteiger partial charge in [0, 0.05) is 11.3 Å². The number of ketones is 1. The van der Waals surface area contributed by atoms with Gasteiger partial charge in [-0.3, -0.25) is 14.5 Å². The zero-order chi connectivity index (χ0) is 24.9. The number of aliphatic hydroxyl groups excluding tert-OH is 1. The molecule has 3 aromatic rings. The summed E-state index contributed by atoms with van der Waals surface area (Å²) >= 11 is 6.39. The second kappa shape index (κ2) is 10.7. The van der Waals surface area contributed by atoms with Crippen LogP contribution in [0.25, 0.3) is 5.76 Å². The van der Waals surface area contributed by atoms with Gasteiger partial charge in [0.05, 0.1) is 29.9 Å². The third-order valence-corrected chi connectivity index (χ3v) is 5.98. The number of rotatable bonds is 8. The highest BCUT2D eigenvalue weighted by molar-refractivity contribution is 6.52. The van der Waals surface area contributed by atoms with Gasteiger partial charge < -0.3 is 14.6 Å². The van der Waals surface area contributed by atoms with Crippen molar-refractivity contribution in [3.63, 3.8) is 0 Å². The average Bonchev–Trinajstić information content (AvgIpc) is 3.14. The van der Waals surface area contributed by atoms with Crippen LogP contribution in [0.3, 0.4) is 0 Å². The Morgan fingerprint density at radius 3 is 2.29 bits per heavy atom. The van der Waals surface area contributed by atoms with E-state index in [2.05, 4.69) is 0 Å². The van der Waals surface area contributed by atoms with E-state index < -0.39 is 17.7 Å². The van der Waals surface area contributed by atoms with Gasteiger partial charge in [0.15, 0.2) is 0 Å². The molecule has 0 bridgehead atoms. The van der Waals surface area contributed by atoms with Crippen LogP contribution in [-0.2, 0) is 9.59 Å². The molecule has 7 heteroatoms. The summed E-state index contributed by atoms with van der Waals surface area (Å²) in [4.78, 5) is 28.0. The summed E-state index contributed by atoms with van der Waals surface area (Å²) in [5.41, 5.74) is 1.36. The summed E-state index contributed by atoms with van der Waals surface area (Å²) < 4.78 is 11.2. The molecule has 1 aliphatic rings. The number of hydrogen-bond acceptors (Lipinski definition) is 5. The second-order valence-electron chi connectivity index (χ2n) is 8.00. The van der Waals surface area contributed by atoms with Crippen LogP contribution in [0.1, 0.15) is 37.4 Å². The van der Waals surface area contributed by atoms with E-state index in [0.717, 1.165) is 6.42 Å². The summed E-state index contributed by atoms with van der Waals surface area (Å²) in [6.45, 7) is 4.87. The first kappa shape index (κ1) is 24.4. The van der Waals surface area contributed by atoms with Crippen LogP contribution in [-0.4, -0.2) is 30.0 Å². The molecule has 4 rings (SSSR count). The molecule has 0 aliphatic carbocycles. The number of hydrogen-bond donors (Lipinski definition) is 1. The third kappa shape index (κ3) is 4.88. The molecule has 0 radical (unpaired) electrons. The van der Waals surface area contributed by atoms with Gasteiger partial charge in [-0.15, -0.1) is 0 Å². The monoisotopic (exact) mass is 491 g/mol. The van der Waals surface area contributed by atoms with E-state index in [-0.39, 0.29) is 21.9 Å². The van der Waals surface area contributed by atoms with Crippen molar-refractivity contribution < 1.29 is 24.2 Å². The van der Waals surface area contributed by atoms with Crippen LogP contribution in [0.2, 0.25) is 5.02 Å². The van der Waals surface area contributed by atoms with Gasteiger partial charge in [-0.25, -0.2) is 0 Å². The van der Waals surface area contributed by atoms with Crippen molar-refractivity contribution in [2.24, 2.45) is 0 Å². The number of Topliss-reactive ketones (excluding diaryl/α,β-unsaturated/α-hetero) is 1. The predicted molar refractivity (Wildman–Crippen MR) is 136 cm³/mol. The van der Waals surface area contributed by atoms with E-state index in [1.54, 1.807) is 66.7 Å². The number of ether oxygens (including phenoxy) is 2. The molecule has 1 atom stereocenters. The maximum Gasteiger partial charge on any atom is 0.300 e. The first-order valence-electron chi connectivity index (χ1n) is 11.5. The quantitative estimate of drug-likeness (QED) is 0.232. The summed E-state index contributed by atoms with van der Waals surface area (Å²) in [6.07, 6.45) is 0.873. The molecule has 6 nitrogen and oxygen atoms in total. The Hall–Kier alpha value is -3.77. The SMILES string of the molecule is CCCOc1ccc(C2/C(=C(\O)c3cc(OCC)ccc3Cl)C(=O)C(=O)N2c2ccccc2)cc1. The number of nitrogens with zero attached hydrogens (tertiary/aromatic N) is 1. The smallest absolute Gasteiger partial charge is 0.300 e. The molecule has 1 fully saturated rings. The summed E-state index contributed by atoms with van der Waals surface area (Å²) in [7, 11) is 0. The van der Waals surface area contributed by atoms with Gasteiger partial charge in [0.2, 0.25) is 0 Å². The fourth-order valence-corrected chi connectivity index (χ4v) is 4.26. The Morgan fingerprint density at radius 2 is 1.63 bits per heavy atom. The predicted octanol–water partition coefficient (Wildman–Crippen LogP) is 6.15. The van der Waals surface area contributed by atoms with Gasteiger partial charge in [0.1, 0.15) is 17.3 Å². The molecule has 1 saturated heterocycles. The largest absolute Gasteiger partial charge is 0.507 e. The zero-order valence-electron chi connectivity index (χ0n) is 19.5. The maximum absolute atomic E-state index is 13.3. The fraction of sp³-hybridized carbons (Fsp3) is 0.214. The van der Waals surface area contributed by atoms with E-state index in [0.29, 0.717) is 36.0 Å². The Morgan fingerprint density at radius 1 is 0.943 bits per heavy atom. The second-order valence-corrected chi connectivity index (χ2v) is 8.40. The number of carbonyl (C=O) groups excluding carboxylic acids is 2. The van der Waals surface area contributed by atoms with E-state index in [4.69, 9.17) is 21.1 Å². The molecule has 35 heavy (non-hydrogen) atoms. The molecular formula is C28H26ClNO5. The lowest BCUT2D eigenvalue weighted by Crippen LogP contribution is -2.29. The topological polar surface area (TPSA) is 76.1 Å². The van der Waals surface area contributed by atoms with Crippen molar-refractivity contribution in [3.05, 3.63) is 94.5 Å². The van der Waals surface area contributed by atoms with E-state index in [9.17, 15) is 14.7 Å². The summed E-state index contributed by atoms with van der Waals surface area (Å²) in [5, 5.41) is 11.6. The maximum atomic E-state index is 13.3. The Bertz CT molecular complexity index is 1250. The van der Waals surface area contributed by atoms with Crippen molar-refractivity contribution in [1.29, 1.82) is 0 Å². The Labute approximate surface area is 209 Å². The van der Waals surface area contributed by atoms with E-state index in [1.165, 1.54) is 4.90 Å². The van der Waals surface area contributed by atoms with Crippen LogP contribution in [0, 0.1) is 0 Å². The van der Waals surface area contributed by atoms with Crippen LogP contribution in [0.5, 0.6) is 11.5 Å². The molecule has 0 saturated carbocycles. The van der Waals surface area contributed by atoms with Crippen molar-refractivity contribution >= 4 is 34.7 Å². The number of halogens is 1. The number of carbonyl (C=O) groups is 2.